The van der Waals surface area contributed by atoms with Gasteiger partial charge in [-0.1, -0.05) is 32.1 Å². The van der Waals surface area contributed by atoms with Crippen LogP contribution in [0, 0.1) is 16.7 Å². The molecule has 0 aromatic carbocycles. The van der Waals surface area contributed by atoms with Gasteiger partial charge < -0.3 is 20.5 Å². The topological polar surface area (TPSA) is 65.9 Å². The summed E-state index contributed by atoms with van der Waals surface area (Å²) in [6.45, 7) is 2.15. The minimum atomic E-state index is 0. The van der Waals surface area contributed by atoms with E-state index in [0.29, 0.717) is 30.1 Å². The number of halogens is 1. The van der Waals surface area contributed by atoms with Gasteiger partial charge in [-0.2, -0.15) is 0 Å². The Balaban J connectivity index is 0.00000210. The highest BCUT2D eigenvalue weighted by Gasteiger charge is 2.65. The number of nitrogens with one attached hydrogen (secondary N) is 2. The van der Waals surface area contributed by atoms with Gasteiger partial charge in [0.15, 0.2) is 5.96 Å². The molecule has 6 heteroatoms. The van der Waals surface area contributed by atoms with Crippen LogP contribution in [0.5, 0.6) is 0 Å². The van der Waals surface area contributed by atoms with E-state index in [-0.39, 0.29) is 29.4 Å². The second-order valence-corrected chi connectivity index (χ2v) is 9.27. The van der Waals surface area contributed by atoms with Crippen LogP contribution in [0.1, 0.15) is 70.6 Å². The molecule has 27 heavy (non-hydrogen) atoms. The number of ether oxygens (including phenoxy) is 1. The van der Waals surface area contributed by atoms with Gasteiger partial charge in [0.1, 0.15) is 0 Å². The second-order valence-electron chi connectivity index (χ2n) is 9.27. The highest BCUT2D eigenvalue weighted by Crippen LogP contribution is 2.60. The van der Waals surface area contributed by atoms with Crippen molar-refractivity contribution in [1.29, 1.82) is 0 Å². The van der Waals surface area contributed by atoms with Crippen molar-refractivity contribution in [2.45, 2.75) is 82.8 Å². The summed E-state index contributed by atoms with van der Waals surface area (Å²) >= 11 is 0. The van der Waals surface area contributed by atoms with Gasteiger partial charge in [0, 0.05) is 44.2 Å². The Bertz CT molecular complexity index is 510. The lowest BCUT2D eigenvalue weighted by Crippen LogP contribution is -2.69. The molecule has 1 aliphatic heterocycles. The molecule has 0 aromatic rings. The zero-order valence-corrected chi connectivity index (χ0v) is 19.2. The molecule has 156 valence electrons. The van der Waals surface area contributed by atoms with Crippen LogP contribution in [0.2, 0.25) is 0 Å². The van der Waals surface area contributed by atoms with Crippen LogP contribution in [-0.2, 0) is 4.74 Å². The summed E-state index contributed by atoms with van der Waals surface area (Å²) < 4.78 is 6.11. The third kappa shape index (κ3) is 4.00. The van der Waals surface area contributed by atoms with Crippen LogP contribution in [0.15, 0.2) is 4.99 Å². The van der Waals surface area contributed by atoms with Gasteiger partial charge in [0.2, 0.25) is 0 Å². The number of nitrogens with zero attached hydrogens (tertiary/aromatic N) is 1. The van der Waals surface area contributed by atoms with E-state index in [4.69, 9.17) is 4.74 Å². The van der Waals surface area contributed by atoms with Crippen LogP contribution in [0.3, 0.4) is 0 Å². The van der Waals surface area contributed by atoms with E-state index in [9.17, 15) is 5.11 Å². The zero-order chi connectivity index (χ0) is 18.0. The number of aliphatic hydroxyl groups excluding tert-OH is 1. The zero-order valence-electron chi connectivity index (χ0n) is 16.8. The van der Waals surface area contributed by atoms with Gasteiger partial charge in [-0.15, -0.1) is 24.0 Å². The minimum Gasteiger partial charge on any atom is -0.396 e. The van der Waals surface area contributed by atoms with Gasteiger partial charge in [-0.25, -0.2) is 0 Å². The average molecular weight is 491 g/mol. The minimum absolute atomic E-state index is 0. The fraction of sp³-hybridized carbons (Fsp3) is 0.952. The summed E-state index contributed by atoms with van der Waals surface area (Å²) in [5.41, 5.74) is 0.598. The summed E-state index contributed by atoms with van der Waals surface area (Å²) in [6.07, 6.45) is 14.3. The van der Waals surface area contributed by atoms with Crippen molar-refractivity contribution in [3.05, 3.63) is 0 Å². The molecule has 4 aliphatic rings. The summed E-state index contributed by atoms with van der Waals surface area (Å²) in [5.74, 6) is 1.61. The molecule has 1 saturated heterocycles. The number of rotatable bonds is 5. The van der Waals surface area contributed by atoms with Gasteiger partial charge >= 0.3 is 0 Å². The van der Waals surface area contributed by atoms with Crippen molar-refractivity contribution >= 4 is 29.9 Å². The predicted molar refractivity (Wildman–Crippen MR) is 120 cm³/mol. The van der Waals surface area contributed by atoms with Crippen molar-refractivity contribution in [2.75, 3.05) is 26.8 Å². The molecule has 1 heterocycles. The predicted octanol–water partition coefficient (Wildman–Crippen LogP) is 3.45. The number of hydrogen-bond donors (Lipinski definition) is 3. The highest BCUT2D eigenvalue weighted by molar-refractivity contribution is 14.0. The summed E-state index contributed by atoms with van der Waals surface area (Å²) in [4.78, 5) is 4.55. The van der Waals surface area contributed by atoms with Crippen molar-refractivity contribution < 1.29 is 9.84 Å². The Kier molecular flexibility index (Phi) is 7.34. The molecule has 0 bridgehead atoms. The van der Waals surface area contributed by atoms with Gasteiger partial charge in [-0.3, -0.25) is 4.99 Å². The lowest BCUT2D eigenvalue weighted by Gasteiger charge is -2.57. The quantitative estimate of drug-likeness (QED) is 0.313. The average Bonchev–Trinajstić information content (AvgIpc) is 3.32. The van der Waals surface area contributed by atoms with Gasteiger partial charge in [0.05, 0.1) is 6.10 Å². The third-order valence-corrected chi connectivity index (χ3v) is 7.99. The van der Waals surface area contributed by atoms with Crippen molar-refractivity contribution in [3.8, 4) is 0 Å². The molecular formula is C21H38IN3O2. The molecule has 0 amide bonds. The molecule has 3 aliphatic carbocycles. The number of aliphatic imine (C=N–C) groups is 1. The Morgan fingerprint density at radius 2 is 1.81 bits per heavy atom. The normalized spacial score (nSPS) is 33.9. The van der Waals surface area contributed by atoms with Gasteiger partial charge in [-0.05, 0) is 43.9 Å². The standard InChI is InChI=1S/C21H37N3O2.HI/c1-22-19(23-15-20(12-13-25)8-3-2-4-9-20)24-17-16-7-14-26-18(16)21(17)10-5-6-11-21;/h16-18,25H,2-15H2,1H3,(H2,22,23,24);1H. The van der Waals surface area contributed by atoms with E-state index in [2.05, 4.69) is 15.6 Å². The van der Waals surface area contributed by atoms with E-state index < -0.39 is 0 Å². The molecular weight excluding hydrogens is 453 g/mol. The molecule has 4 fully saturated rings. The summed E-state index contributed by atoms with van der Waals surface area (Å²) in [6, 6.07) is 0.517. The van der Waals surface area contributed by atoms with Crippen LogP contribution in [-0.4, -0.2) is 50.0 Å². The highest BCUT2D eigenvalue weighted by atomic mass is 127. The number of guanidine groups is 1. The molecule has 0 aromatic heterocycles. The molecule has 3 atom stereocenters. The summed E-state index contributed by atoms with van der Waals surface area (Å²) in [7, 11) is 1.89. The van der Waals surface area contributed by atoms with Crippen LogP contribution in [0.4, 0.5) is 0 Å². The van der Waals surface area contributed by atoms with E-state index in [0.717, 1.165) is 25.5 Å². The van der Waals surface area contributed by atoms with Crippen molar-refractivity contribution in [2.24, 2.45) is 21.7 Å². The Hall–Kier alpha value is -0.0800. The lowest BCUT2D eigenvalue weighted by molar-refractivity contribution is -0.125. The first-order valence-electron chi connectivity index (χ1n) is 10.9. The monoisotopic (exact) mass is 491 g/mol. The number of aliphatic hydroxyl groups is 1. The maximum atomic E-state index is 9.55. The maximum absolute atomic E-state index is 9.55. The number of hydrogen-bond acceptors (Lipinski definition) is 3. The molecule has 0 radical (unpaired) electrons. The molecule has 3 unspecified atom stereocenters. The molecule has 3 saturated carbocycles. The van der Waals surface area contributed by atoms with E-state index >= 15 is 0 Å². The fourth-order valence-corrected chi connectivity index (χ4v) is 6.57. The SMILES string of the molecule is CN=C(NCC1(CCO)CCCCC1)NC1C2CCOC2C12CCCC2.I. The first kappa shape index (κ1) is 21.6. The molecule has 4 rings (SSSR count). The van der Waals surface area contributed by atoms with Crippen LogP contribution >= 0.6 is 24.0 Å². The Morgan fingerprint density at radius 3 is 2.48 bits per heavy atom. The smallest absolute Gasteiger partial charge is 0.191 e. The van der Waals surface area contributed by atoms with Gasteiger partial charge in [0.25, 0.3) is 0 Å². The number of fused-ring (bicyclic) bond motifs is 2. The summed E-state index contributed by atoms with van der Waals surface area (Å²) in [5, 5.41) is 17.0. The van der Waals surface area contributed by atoms with E-state index in [1.54, 1.807) is 0 Å². The largest absolute Gasteiger partial charge is 0.396 e. The Labute approximate surface area is 181 Å². The van der Waals surface area contributed by atoms with Crippen molar-refractivity contribution in [3.63, 3.8) is 0 Å². The fourth-order valence-electron chi connectivity index (χ4n) is 6.57. The van der Waals surface area contributed by atoms with E-state index in [1.807, 2.05) is 7.05 Å². The molecule has 1 spiro atoms. The first-order chi connectivity index (χ1) is 12.7. The second kappa shape index (κ2) is 9.16. The third-order valence-electron chi connectivity index (χ3n) is 7.99. The van der Waals surface area contributed by atoms with Crippen LogP contribution < -0.4 is 10.6 Å². The van der Waals surface area contributed by atoms with Crippen LogP contribution in [0.25, 0.3) is 0 Å². The first-order valence-corrected chi connectivity index (χ1v) is 10.9. The Morgan fingerprint density at radius 1 is 1.11 bits per heavy atom. The molecule has 5 nitrogen and oxygen atoms in total. The molecule has 3 N–H and O–H groups in total. The van der Waals surface area contributed by atoms with E-state index in [1.165, 1.54) is 64.2 Å². The lowest BCUT2D eigenvalue weighted by atomic mass is 9.54. The maximum Gasteiger partial charge on any atom is 0.191 e. The van der Waals surface area contributed by atoms with Crippen molar-refractivity contribution in [1.82, 2.24) is 10.6 Å².